The van der Waals surface area contributed by atoms with Crippen LogP contribution in [0.5, 0.6) is 0 Å². The zero-order valence-electron chi connectivity index (χ0n) is 8.69. The summed E-state index contributed by atoms with van der Waals surface area (Å²) in [5.74, 6) is -0.179. The number of hydrogen-bond acceptors (Lipinski definition) is 3. The molecule has 2 unspecified atom stereocenters. The van der Waals surface area contributed by atoms with Crippen LogP contribution in [0.4, 0.5) is 0 Å². The highest BCUT2D eigenvalue weighted by Crippen LogP contribution is 2.27. The van der Waals surface area contributed by atoms with Crippen molar-refractivity contribution >= 4 is 11.8 Å². The van der Waals surface area contributed by atoms with Gasteiger partial charge in [0.2, 0.25) is 11.8 Å². The van der Waals surface area contributed by atoms with Gasteiger partial charge in [0, 0.05) is 12.3 Å². The van der Waals surface area contributed by atoms with Gasteiger partial charge in [-0.25, -0.2) is 0 Å². The first-order valence-electron chi connectivity index (χ1n) is 5.06. The van der Waals surface area contributed by atoms with Crippen LogP contribution in [0.3, 0.4) is 0 Å². The average Bonchev–Trinajstić information content (AvgIpc) is 2.45. The normalized spacial score (nSPS) is 24.5. The van der Waals surface area contributed by atoms with Crippen LogP contribution >= 0.6 is 0 Å². The van der Waals surface area contributed by atoms with Crippen molar-refractivity contribution in [3.8, 4) is 0 Å². The number of nitrogens with zero attached hydrogens (tertiary/aromatic N) is 1. The fourth-order valence-electron chi connectivity index (χ4n) is 1.77. The van der Waals surface area contributed by atoms with Crippen LogP contribution in [0, 0.1) is 11.8 Å². The van der Waals surface area contributed by atoms with Crippen molar-refractivity contribution in [2.24, 2.45) is 11.8 Å². The van der Waals surface area contributed by atoms with Crippen LogP contribution in [0.25, 0.3) is 0 Å². The standard InChI is InChI=1S/C10H17NO3/c1-3-7(2)8-6-9(13)11(4-5-12)10(8)14/h7-8,12H,3-6H2,1-2H3. The molecule has 14 heavy (non-hydrogen) atoms. The van der Waals surface area contributed by atoms with Crippen molar-refractivity contribution in [3.63, 3.8) is 0 Å². The molecule has 1 aliphatic heterocycles. The van der Waals surface area contributed by atoms with Crippen molar-refractivity contribution in [2.75, 3.05) is 13.2 Å². The minimum Gasteiger partial charge on any atom is -0.395 e. The highest BCUT2D eigenvalue weighted by Gasteiger charge is 2.40. The SMILES string of the molecule is CCC(C)C1CC(=O)N(CCO)C1=O. The summed E-state index contributed by atoms with van der Waals surface area (Å²) in [7, 11) is 0. The van der Waals surface area contributed by atoms with Crippen LogP contribution in [-0.2, 0) is 9.59 Å². The second-order valence-electron chi connectivity index (χ2n) is 3.80. The van der Waals surface area contributed by atoms with Crippen molar-refractivity contribution in [1.82, 2.24) is 4.90 Å². The van der Waals surface area contributed by atoms with Gasteiger partial charge < -0.3 is 5.11 Å². The molecule has 0 aromatic carbocycles. The molecule has 1 heterocycles. The number of aliphatic hydroxyl groups excluding tert-OH is 1. The third kappa shape index (κ3) is 1.95. The van der Waals surface area contributed by atoms with Crippen LogP contribution in [0.2, 0.25) is 0 Å². The number of hydrogen-bond donors (Lipinski definition) is 1. The molecule has 4 nitrogen and oxygen atoms in total. The third-order valence-corrected chi connectivity index (χ3v) is 2.93. The van der Waals surface area contributed by atoms with E-state index in [2.05, 4.69) is 0 Å². The summed E-state index contributed by atoms with van der Waals surface area (Å²) in [5, 5.41) is 8.70. The Kier molecular flexibility index (Phi) is 3.63. The number of β-amino-alcohol motifs (C(OH)–C–C–N with tert-alkyl or cyclic N) is 1. The summed E-state index contributed by atoms with van der Waals surface area (Å²) in [6.45, 7) is 3.99. The molecule has 1 saturated heterocycles. The Hall–Kier alpha value is -0.900. The second-order valence-corrected chi connectivity index (χ2v) is 3.80. The van der Waals surface area contributed by atoms with Gasteiger partial charge in [0.05, 0.1) is 13.2 Å². The molecule has 0 radical (unpaired) electrons. The number of aliphatic hydroxyl groups is 1. The largest absolute Gasteiger partial charge is 0.395 e. The molecule has 0 bridgehead atoms. The Morgan fingerprint density at radius 2 is 2.21 bits per heavy atom. The second kappa shape index (κ2) is 4.55. The number of carbonyl (C=O) groups excluding carboxylic acids is 2. The van der Waals surface area contributed by atoms with Gasteiger partial charge in [0.15, 0.2) is 0 Å². The lowest BCUT2D eigenvalue weighted by Crippen LogP contribution is -2.34. The lowest BCUT2D eigenvalue weighted by molar-refractivity contribution is -0.140. The zero-order valence-corrected chi connectivity index (χ0v) is 8.69. The van der Waals surface area contributed by atoms with Gasteiger partial charge in [0.1, 0.15) is 0 Å². The summed E-state index contributed by atoms with van der Waals surface area (Å²) < 4.78 is 0. The fourth-order valence-corrected chi connectivity index (χ4v) is 1.77. The lowest BCUT2D eigenvalue weighted by Gasteiger charge is -2.16. The monoisotopic (exact) mass is 199 g/mol. The molecule has 2 amide bonds. The minimum atomic E-state index is -0.168. The first-order valence-corrected chi connectivity index (χ1v) is 5.06. The predicted octanol–water partition coefficient (Wildman–Crippen LogP) is 0.400. The van der Waals surface area contributed by atoms with E-state index in [0.717, 1.165) is 6.42 Å². The molecule has 1 aliphatic rings. The molecule has 80 valence electrons. The molecule has 4 heteroatoms. The van der Waals surface area contributed by atoms with E-state index in [1.165, 1.54) is 4.90 Å². The van der Waals surface area contributed by atoms with E-state index >= 15 is 0 Å². The minimum absolute atomic E-state index is 0.113. The van der Waals surface area contributed by atoms with Gasteiger partial charge in [-0.1, -0.05) is 20.3 Å². The van der Waals surface area contributed by atoms with Crippen LogP contribution in [0.15, 0.2) is 0 Å². The summed E-state index contributed by atoms with van der Waals surface area (Å²) in [6.07, 6.45) is 1.21. The number of likely N-dealkylation sites (tertiary alicyclic amines) is 1. The Labute approximate surface area is 83.9 Å². The lowest BCUT2D eigenvalue weighted by atomic mass is 9.90. The average molecular weight is 199 g/mol. The van der Waals surface area contributed by atoms with Crippen LogP contribution in [0.1, 0.15) is 26.7 Å². The smallest absolute Gasteiger partial charge is 0.233 e. The van der Waals surface area contributed by atoms with Gasteiger partial charge in [0.25, 0.3) is 0 Å². The van der Waals surface area contributed by atoms with E-state index in [1.807, 2.05) is 13.8 Å². The van der Waals surface area contributed by atoms with Crippen LogP contribution < -0.4 is 0 Å². The highest BCUT2D eigenvalue weighted by atomic mass is 16.3. The van der Waals surface area contributed by atoms with Crippen molar-refractivity contribution in [3.05, 3.63) is 0 Å². The third-order valence-electron chi connectivity index (χ3n) is 2.93. The molecule has 0 saturated carbocycles. The van der Waals surface area contributed by atoms with Crippen molar-refractivity contribution < 1.29 is 14.7 Å². The predicted molar refractivity (Wildman–Crippen MR) is 51.4 cm³/mol. The fraction of sp³-hybridized carbons (Fsp3) is 0.800. The summed E-state index contributed by atoms with van der Waals surface area (Å²) >= 11 is 0. The van der Waals surface area contributed by atoms with E-state index in [1.54, 1.807) is 0 Å². The first-order chi connectivity index (χ1) is 6.61. The Bertz CT molecular complexity index is 240. The highest BCUT2D eigenvalue weighted by molar-refractivity contribution is 6.03. The number of amides is 2. The first kappa shape index (κ1) is 11.2. The summed E-state index contributed by atoms with van der Waals surface area (Å²) in [5.41, 5.74) is 0. The van der Waals surface area contributed by atoms with E-state index in [4.69, 9.17) is 5.11 Å². The van der Waals surface area contributed by atoms with E-state index < -0.39 is 0 Å². The molecule has 0 aliphatic carbocycles. The number of imide groups is 1. The molecule has 2 atom stereocenters. The molecular weight excluding hydrogens is 182 g/mol. The molecule has 0 aromatic rings. The van der Waals surface area contributed by atoms with Crippen molar-refractivity contribution in [2.45, 2.75) is 26.7 Å². The maximum Gasteiger partial charge on any atom is 0.233 e. The molecular formula is C10H17NO3. The Balaban J connectivity index is 2.68. The summed E-state index contributed by atoms with van der Waals surface area (Å²) in [6, 6.07) is 0. The molecule has 1 N–H and O–H groups in total. The van der Waals surface area contributed by atoms with Gasteiger partial charge in [-0.15, -0.1) is 0 Å². The molecule has 1 fully saturated rings. The Morgan fingerprint density at radius 1 is 1.57 bits per heavy atom. The van der Waals surface area contributed by atoms with E-state index in [0.29, 0.717) is 6.42 Å². The van der Waals surface area contributed by atoms with Gasteiger partial charge in [-0.3, -0.25) is 14.5 Å². The van der Waals surface area contributed by atoms with Crippen LogP contribution in [-0.4, -0.2) is 35.0 Å². The molecule has 0 aromatic heterocycles. The summed E-state index contributed by atoms with van der Waals surface area (Å²) in [4.78, 5) is 24.3. The molecule has 1 rings (SSSR count). The maximum absolute atomic E-state index is 11.7. The quantitative estimate of drug-likeness (QED) is 0.667. The van der Waals surface area contributed by atoms with E-state index in [-0.39, 0.29) is 36.8 Å². The van der Waals surface area contributed by atoms with Gasteiger partial charge in [-0.05, 0) is 5.92 Å². The van der Waals surface area contributed by atoms with Crippen molar-refractivity contribution in [1.29, 1.82) is 0 Å². The molecule has 0 spiro atoms. The topological polar surface area (TPSA) is 57.6 Å². The zero-order chi connectivity index (χ0) is 10.7. The van der Waals surface area contributed by atoms with Gasteiger partial charge >= 0.3 is 0 Å². The van der Waals surface area contributed by atoms with E-state index in [9.17, 15) is 9.59 Å². The maximum atomic E-state index is 11.7. The number of carbonyl (C=O) groups is 2. The van der Waals surface area contributed by atoms with Gasteiger partial charge in [-0.2, -0.15) is 0 Å². The number of rotatable bonds is 4. The Morgan fingerprint density at radius 3 is 2.71 bits per heavy atom.